The molecule has 148 valence electrons. The average Bonchev–Trinajstić information content (AvgIpc) is 3.13. The van der Waals surface area contributed by atoms with E-state index in [4.69, 9.17) is 9.47 Å². The molecule has 6 nitrogen and oxygen atoms in total. The van der Waals surface area contributed by atoms with Gasteiger partial charge in [-0.3, -0.25) is 4.79 Å². The maximum atomic E-state index is 13.1. The fourth-order valence-corrected chi connectivity index (χ4v) is 2.93. The summed E-state index contributed by atoms with van der Waals surface area (Å²) < 4.78 is 12.0. The summed E-state index contributed by atoms with van der Waals surface area (Å²) in [7, 11) is 1.61. The first kappa shape index (κ1) is 21.1. The quantitative estimate of drug-likeness (QED) is 0.547. The third-order valence-electron chi connectivity index (χ3n) is 4.68. The summed E-state index contributed by atoms with van der Waals surface area (Å²) in [4.78, 5) is 17.6. The van der Waals surface area contributed by atoms with Gasteiger partial charge in [0.25, 0.3) is 5.91 Å². The number of unbranched alkanes of at least 4 members (excludes halogenated alkanes) is 1. The lowest BCUT2D eigenvalue weighted by Gasteiger charge is -2.14. The molecule has 1 unspecified atom stereocenters. The van der Waals surface area contributed by atoms with Crippen LogP contribution in [0.2, 0.25) is 0 Å². The summed E-state index contributed by atoms with van der Waals surface area (Å²) in [6.45, 7) is 7.07. The van der Waals surface area contributed by atoms with Gasteiger partial charge in [-0.1, -0.05) is 57.9 Å². The number of methoxy groups -OCH3 is 1. The lowest BCUT2D eigenvalue weighted by atomic mass is 9.98. The molecule has 1 atom stereocenters. The lowest BCUT2D eigenvalue weighted by molar-refractivity contribution is 0.0803. The SMILES string of the molecule is CCCCC(CC)C(=O)n1nc(OCCOC)nc1-c1ccc(CC)cc1. The highest BCUT2D eigenvalue weighted by atomic mass is 16.5. The van der Waals surface area contributed by atoms with Crippen LogP contribution in [0.3, 0.4) is 0 Å². The van der Waals surface area contributed by atoms with Crippen LogP contribution >= 0.6 is 0 Å². The topological polar surface area (TPSA) is 66.2 Å². The van der Waals surface area contributed by atoms with Gasteiger partial charge in [0.2, 0.25) is 0 Å². The van der Waals surface area contributed by atoms with E-state index in [0.29, 0.717) is 19.0 Å². The molecule has 2 rings (SSSR count). The van der Waals surface area contributed by atoms with Gasteiger partial charge in [0.05, 0.1) is 6.61 Å². The zero-order valence-corrected chi connectivity index (χ0v) is 16.9. The summed E-state index contributed by atoms with van der Waals surface area (Å²) in [6.07, 6.45) is 4.70. The maximum absolute atomic E-state index is 13.1. The van der Waals surface area contributed by atoms with Gasteiger partial charge in [-0.25, -0.2) is 0 Å². The minimum Gasteiger partial charge on any atom is -0.460 e. The smallest absolute Gasteiger partial charge is 0.336 e. The Morgan fingerprint density at radius 3 is 2.48 bits per heavy atom. The summed E-state index contributed by atoms with van der Waals surface area (Å²) >= 11 is 0. The highest BCUT2D eigenvalue weighted by Crippen LogP contribution is 2.24. The van der Waals surface area contributed by atoms with Crippen molar-refractivity contribution in [1.82, 2.24) is 14.8 Å². The molecule has 6 heteroatoms. The molecule has 0 spiro atoms. The van der Waals surface area contributed by atoms with Gasteiger partial charge < -0.3 is 9.47 Å². The Labute approximate surface area is 161 Å². The Bertz CT molecular complexity index is 710. The minimum atomic E-state index is -0.0628. The summed E-state index contributed by atoms with van der Waals surface area (Å²) in [6, 6.07) is 8.29. The van der Waals surface area contributed by atoms with Crippen molar-refractivity contribution in [1.29, 1.82) is 0 Å². The number of ether oxygens (including phenoxy) is 2. The Morgan fingerprint density at radius 2 is 1.89 bits per heavy atom. The largest absolute Gasteiger partial charge is 0.460 e. The number of carbonyl (C=O) groups excluding carboxylic acids is 1. The fourth-order valence-electron chi connectivity index (χ4n) is 2.93. The molecule has 27 heavy (non-hydrogen) atoms. The van der Waals surface area contributed by atoms with Gasteiger partial charge in [-0.05, 0) is 24.8 Å². The minimum absolute atomic E-state index is 0.0189. The van der Waals surface area contributed by atoms with Crippen LogP contribution in [-0.4, -0.2) is 41.0 Å². The van der Waals surface area contributed by atoms with Crippen molar-refractivity contribution < 1.29 is 14.3 Å². The first-order valence-corrected chi connectivity index (χ1v) is 9.86. The number of nitrogens with zero attached hydrogens (tertiary/aromatic N) is 3. The summed E-state index contributed by atoms with van der Waals surface area (Å²) in [5, 5.41) is 4.36. The zero-order chi connectivity index (χ0) is 19.6. The van der Waals surface area contributed by atoms with Crippen molar-refractivity contribution in [2.75, 3.05) is 20.3 Å². The number of aryl methyl sites for hydroxylation is 1. The Morgan fingerprint density at radius 1 is 1.15 bits per heavy atom. The number of hydrogen-bond acceptors (Lipinski definition) is 5. The first-order chi connectivity index (χ1) is 13.1. The van der Waals surface area contributed by atoms with E-state index in [2.05, 4.69) is 36.1 Å². The third kappa shape index (κ3) is 5.63. The van der Waals surface area contributed by atoms with Gasteiger partial charge in [0.15, 0.2) is 5.82 Å². The van der Waals surface area contributed by atoms with Gasteiger partial charge in [0.1, 0.15) is 6.61 Å². The first-order valence-electron chi connectivity index (χ1n) is 9.86. The molecule has 2 aromatic rings. The summed E-state index contributed by atoms with van der Waals surface area (Å²) in [5.41, 5.74) is 2.10. The van der Waals surface area contributed by atoms with Crippen LogP contribution in [0.5, 0.6) is 6.01 Å². The van der Waals surface area contributed by atoms with Gasteiger partial charge in [-0.2, -0.15) is 9.67 Å². The number of benzene rings is 1. The molecule has 0 saturated carbocycles. The molecular formula is C21H31N3O3. The molecule has 1 aromatic carbocycles. The highest BCUT2D eigenvalue weighted by Gasteiger charge is 2.24. The van der Waals surface area contributed by atoms with E-state index in [-0.39, 0.29) is 17.8 Å². The molecule has 0 aliphatic rings. The van der Waals surface area contributed by atoms with Crippen molar-refractivity contribution in [3.8, 4) is 17.4 Å². The van der Waals surface area contributed by atoms with Crippen LogP contribution < -0.4 is 4.74 Å². The monoisotopic (exact) mass is 373 g/mol. The van der Waals surface area contributed by atoms with E-state index >= 15 is 0 Å². The molecule has 0 fully saturated rings. The number of aromatic nitrogens is 3. The van der Waals surface area contributed by atoms with Crippen LogP contribution in [0, 0.1) is 5.92 Å². The molecule has 0 aliphatic carbocycles. The predicted octanol–water partition coefficient (Wildman–Crippen LogP) is 4.39. The normalized spacial score (nSPS) is 12.1. The lowest BCUT2D eigenvalue weighted by Crippen LogP contribution is -2.23. The van der Waals surface area contributed by atoms with Gasteiger partial charge in [-0.15, -0.1) is 5.10 Å². The van der Waals surface area contributed by atoms with Crippen molar-refractivity contribution >= 4 is 5.91 Å². The van der Waals surface area contributed by atoms with E-state index in [1.54, 1.807) is 7.11 Å². The second-order valence-corrected chi connectivity index (χ2v) is 6.61. The van der Waals surface area contributed by atoms with Crippen LogP contribution in [0.25, 0.3) is 11.4 Å². The summed E-state index contributed by atoms with van der Waals surface area (Å²) in [5.74, 6) is 0.451. The van der Waals surface area contributed by atoms with Crippen LogP contribution in [0.4, 0.5) is 0 Å². The van der Waals surface area contributed by atoms with Crippen molar-refractivity contribution in [2.24, 2.45) is 5.92 Å². The molecule has 0 aliphatic heterocycles. The van der Waals surface area contributed by atoms with E-state index in [0.717, 1.165) is 37.7 Å². The highest BCUT2D eigenvalue weighted by molar-refractivity contribution is 5.84. The molecule has 0 N–H and O–H groups in total. The molecule has 0 saturated heterocycles. The van der Waals surface area contributed by atoms with Crippen molar-refractivity contribution in [3.05, 3.63) is 29.8 Å². The Hall–Kier alpha value is -2.21. The van der Waals surface area contributed by atoms with Gasteiger partial charge in [0, 0.05) is 18.6 Å². The molecule has 1 aromatic heterocycles. The number of rotatable bonds is 11. The van der Waals surface area contributed by atoms with Crippen LogP contribution in [-0.2, 0) is 11.2 Å². The molecule has 0 amide bonds. The van der Waals surface area contributed by atoms with Gasteiger partial charge >= 0.3 is 6.01 Å². The Balaban J connectivity index is 2.35. The zero-order valence-electron chi connectivity index (χ0n) is 16.9. The molecule has 0 bridgehead atoms. The van der Waals surface area contributed by atoms with Crippen molar-refractivity contribution in [2.45, 2.75) is 52.9 Å². The second-order valence-electron chi connectivity index (χ2n) is 6.61. The number of hydrogen-bond donors (Lipinski definition) is 0. The maximum Gasteiger partial charge on any atom is 0.336 e. The van der Waals surface area contributed by atoms with E-state index < -0.39 is 0 Å². The average molecular weight is 373 g/mol. The molecular weight excluding hydrogens is 342 g/mol. The Kier molecular flexibility index (Phi) is 8.45. The van der Waals surface area contributed by atoms with E-state index in [1.165, 1.54) is 10.2 Å². The standard InChI is InChI=1S/C21H31N3O3/c1-5-8-9-17(7-3)20(25)24-19(18-12-10-16(6-2)11-13-18)22-21(23-24)27-15-14-26-4/h10-13,17H,5-9,14-15H2,1-4H3. The number of carbonyl (C=O) groups is 1. The van der Waals surface area contributed by atoms with Crippen LogP contribution in [0.1, 0.15) is 56.8 Å². The van der Waals surface area contributed by atoms with E-state index in [9.17, 15) is 4.79 Å². The third-order valence-corrected chi connectivity index (χ3v) is 4.68. The molecule has 1 heterocycles. The predicted molar refractivity (Wildman–Crippen MR) is 106 cm³/mol. The van der Waals surface area contributed by atoms with E-state index in [1.807, 2.05) is 19.1 Å². The second kappa shape index (κ2) is 10.8. The molecule has 0 radical (unpaired) electrons. The van der Waals surface area contributed by atoms with Crippen LogP contribution in [0.15, 0.2) is 24.3 Å². The van der Waals surface area contributed by atoms with Crippen molar-refractivity contribution in [3.63, 3.8) is 0 Å². The fraction of sp³-hybridized carbons (Fsp3) is 0.571.